The molecule has 3 aromatic rings. The largest absolute Gasteiger partial charge is 0.461 e. The van der Waals surface area contributed by atoms with E-state index in [1.165, 1.54) is 24.5 Å². The van der Waals surface area contributed by atoms with Crippen molar-refractivity contribution in [1.82, 2.24) is 24.9 Å². The second kappa shape index (κ2) is 13.2. The number of piperazine rings is 1. The van der Waals surface area contributed by atoms with Crippen LogP contribution in [-0.2, 0) is 20.7 Å². The lowest BCUT2D eigenvalue weighted by molar-refractivity contribution is -0.146. The van der Waals surface area contributed by atoms with Crippen molar-refractivity contribution in [2.45, 2.75) is 52.1 Å². The average Bonchev–Trinajstić information content (AvgIpc) is 3.38. The summed E-state index contributed by atoms with van der Waals surface area (Å²) in [6, 6.07) is 11.6. The van der Waals surface area contributed by atoms with Crippen LogP contribution in [0.3, 0.4) is 0 Å². The van der Waals surface area contributed by atoms with Gasteiger partial charge in [-0.2, -0.15) is 5.10 Å². The van der Waals surface area contributed by atoms with Gasteiger partial charge in [-0.15, -0.1) is 0 Å². The van der Waals surface area contributed by atoms with Gasteiger partial charge in [0.2, 0.25) is 5.91 Å². The number of fused-ring (bicyclic) bond motifs is 3. The van der Waals surface area contributed by atoms with Crippen molar-refractivity contribution in [3.8, 4) is 0 Å². The van der Waals surface area contributed by atoms with Crippen molar-refractivity contribution in [3.63, 3.8) is 0 Å². The summed E-state index contributed by atoms with van der Waals surface area (Å²) in [5.74, 6) is -1.03. The van der Waals surface area contributed by atoms with Gasteiger partial charge in [0.25, 0.3) is 11.5 Å². The first-order valence-electron chi connectivity index (χ1n) is 17.4. The Bertz CT molecular complexity index is 1880. The normalized spacial score (nSPS) is 26.7. The van der Waals surface area contributed by atoms with Crippen molar-refractivity contribution in [3.05, 3.63) is 87.1 Å². The molecular weight excluding hydrogens is 625 g/mol. The van der Waals surface area contributed by atoms with Gasteiger partial charge in [-0.05, 0) is 61.4 Å². The van der Waals surface area contributed by atoms with Gasteiger partial charge in [0.1, 0.15) is 11.9 Å². The number of ether oxygens (including phenoxy) is 1. The molecule has 2 aromatic carbocycles. The zero-order chi connectivity index (χ0) is 34.4. The Morgan fingerprint density at radius 1 is 1.08 bits per heavy atom. The number of carbonyl (C=O) groups excluding carboxylic acids is 3. The number of amides is 2. The summed E-state index contributed by atoms with van der Waals surface area (Å²) < 4.78 is 20.9. The fraction of sp³-hybridized carbons (Fsp3) is 0.500. The minimum atomic E-state index is -0.614. The van der Waals surface area contributed by atoms with Gasteiger partial charge in [-0.1, -0.05) is 56.2 Å². The monoisotopic (exact) mass is 669 g/mol. The molecule has 7 rings (SSSR count). The van der Waals surface area contributed by atoms with Gasteiger partial charge in [0.15, 0.2) is 0 Å². The molecule has 2 saturated heterocycles. The lowest BCUT2D eigenvalue weighted by atomic mass is 9.59. The number of hydrogen-bond donors (Lipinski definition) is 1. The molecule has 1 N–H and O–H groups in total. The third kappa shape index (κ3) is 6.40. The molecule has 4 aliphatic rings. The first-order valence-corrected chi connectivity index (χ1v) is 17.4. The summed E-state index contributed by atoms with van der Waals surface area (Å²) in [7, 11) is 1.86. The second-order valence-corrected chi connectivity index (χ2v) is 14.7. The number of aromatic nitrogens is 2. The van der Waals surface area contributed by atoms with Crippen molar-refractivity contribution in [1.29, 1.82) is 0 Å². The Labute approximate surface area is 285 Å². The number of rotatable bonds is 7. The second-order valence-electron chi connectivity index (χ2n) is 14.7. The van der Waals surface area contributed by atoms with Gasteiger partial charge >= 0.3 is 5.97 Å². The molecule has 2 aliphatic heterocycles. The lowest BCUT2D eigenvalue weighted by Gasteiger charge is -2.46. The Hall–Kier alpha value is -4.38. The number of benzene rings is 2. The van der Waals surface area contributed by atoms with E-state index in [1.54, 1.807) is 34.1 Å². The van der Waals surface area contributed by atoms with Gasteiger partial charge in [0.05, 0.1) is 29.1 Å². The van der Waals surface area contributed by atoms with Crippen LogP contribution in [0.5, 0.6) is 0 Å². The number of allylic oxidation sites excluding steroid dienone is 1. The summed E-state index contributed by atoms with van der Waals surface area (Å²) in [5, 5.41) is 7.95. The molecule has 0 spiro atoms. The number of nitrogens with zero attached hydrogens (tertiary/aromatic N) is 4. The topological polar surface area (TPSA) is 116 Å². The van der Waals surface area contributed by atoms with Crippen LogP contribution in [-0.4, -0.2) is 95.1 Å². The van der Waals surface area contributed by atoms with Crippen LogP contribution in [0.1, 0.15) is 61.1 Å². The molecule has 258 valence electrons. The van der Waals surface area contributed by atoms with Crippen molar-refractivity contribution in [2.75, 3.05) is 46.3 Å². The number of aromatic amines is 1. The summed E-state index contributed by atoms with van der Waals surface area (Å²) in [5.41, 5.74) is 2.57. The Morgan fingerprint density at radius 3 is 2.59 bits per heavy atom. The first kappa shape index (κ1) is 33.1. The summed E-state index contributed by atoms with van der Waals surface area (Å²) >= 11 is 0. The number of H-pyrrole nitrogens is 1. The van der Waals surface area contributed by atoms with Gasteiger partial charge < -0.3 is 14.5 Å². The number of likely N-dealkylation sites (N-methyl/N-ethyl adjacent to an activating group) is 1. The molecule has 2 amide bonds. The summed E-state index contributed by atoms with van der Waals surface area (Å²) in [6.07, 6.45) is 6.94. The van der Waals surface area contributed by atoms with E-state index in [1.807, 2.05) is 24.1 Å². The Kier molecular flexibility index (Phi) is 8.89. The van der Waals surface area contributed by atoms with E-state index in [0.717, 1.165) is 12.8 Å². The fourth-order valence-electron chi connectivity index (χ4n) is 8.67. The third-order valence-corrected chi connectivity index (χ3v) is 11.3. The fourth-order valence-corrected chi connectivity index (χ4v) is 8.67. The number of esters is 1. The van der Waals surface area contributed by atoms with E-state index in [9.17, 15) is 23.6 Å². The highest BCUT2D eigenvalue weighted by atomic mass is 19.1. The number of carbonyl (C=O) groups is 3. The van der Waals surface area contributed by atoms with Crippen molar-refractivity contribution in [2.24, 2.45) is 23.2 Å². The maximum atomic E-state index is 15.0. The van der Waals surface area contributed by atoms with Crippen molar-refractivity contribution < 1.29 is 23.5 Å². The quantitative estimate of drug-likeness (QED) is 0.297. The number of hydrogen-bond acceptors (Lipinski definition) is 7. The predicted molar refractivity (Wildman–Crippen MR) is 182 cm³/mol. The molecule has 11 heteroatoms. The molecule has 3 fully saturated rings. The molecular formula is C38H44FN5O5. The minimum Gasteiger partial charge on any atom is -0.461 e. The number of halogens is 1. The number of nitrogens with one attached hydrogen (secondary N) is 1. The van der Waals surface area contributed by atoms with Crippen LogP contribution < -0.4 is 5.56 Å². The van der Waals surface area contributed by atoms with E-state index in [2.05, 4.69) is 30.1 Å². The first-order chi connectivity index (χ1) is 23.5. The molecule has 3 heterocycles. The summed E-state index contributed by atoms with van der Waals surface area (Å²) in [4.78, 5) is 57.2. The molecule has 10 nitrogen and oxygen atoms in total. The third-order valence-electron chi connectivity index (χ3n) is 11.3. The van der Waals surface area contributed by atoms with Crippen LogP contribution in [0.25, 0.3) is 10.8 Å². The predicted octanol–water partition coefficient (Wildman–Crippen LogP) is 4.18. The highest BCUT2D eigenvalue weighted by Crippen LogP contribution is 2.54. The highest BCUT2D eigenvalue weighted by Gasteiger charge is 2.52. The van der Waals surface area contributed by atoms with E-state index in [4.69, 9.17) is 4.74 Å². The lowest BCUT2D eigenvalue weighted by Crippen LogP contribution is -2.52. The Balaban J connectivity index is 0.948. The zero-order valence-corrected chi connectivity index (χ0v) is 28.4. The molecule has 1 saturated carbocycles. The van der Waals surface area contributed by atoms with Gasteiger partial charge in [0, 0.05) is 50.4 Å². The maximum Gasteiger partial charge on any atom is 0.311 e. The molecule has 0 bridgehead atoms. The highest BCUT2D eigenvalue weighted by molar-refractivity contribution is 5.95. The van der Waals surface area contributed by atoms with Crippen molar-refractivity contribution >= 4 is 28.6 Å². The molecule has 5 atom stereocenters. The molecule has 49 heavy (non-hydrogen) atoms. The SMILES string of the molecule is C[C@H]1CCC[C@]2(C)CC3OC(=O)C(CN(C)CC(=O)N4CCN(C(=O)c5cc(Cc6n[nH]c(=O)c7ccccc67)ccc5F)CC4)C3C=C12. The van der Waals surface area contributed by atoms with E-state index < -0.39 is 11.7 Å². The Morgan fingerprint density at radius 2 is 1.82 bits per heavy atom. The average molecular weight is 670 g/mol. The van der Waals surface area contributed by atoms with Gasteiger partial charge in [-0.25, -0.2) is 9.49 Å². The maximum absolute atomic E-state index is 15.0. The molecule has 0 radical (unpaired) electrons. The smallest absolute Gasteiger partial charge is 0.311 e. The van der Waals surface area contributed by atoms with Crippen LogP contribution in [0, 0.1) is 29.0 Å². The van der Waals surface area contributed by atoms with Crippen LogP contribution in [0.15, 0.2) is 58.9 Å². The minimum absolute atomic E-state index is 0.0342. The molecule has 2 aliphatic carbocycles. The van der Waals surface area contributed by atoms with Crippen LogP contribution >= 0.6 is 0 Å². The van der Waals surface area contributed by atoms with E-state index in [0.29, 0.717) is 54.0 Å². The molecule has 1 aromatic heterocycles. The van der Waals surface area contributed by atoms with Crippen LogP contribution in [0.2, 0.25) is 0 Å². The van der Waals surface area contributed by atoms with E-state index >= 15 is 0 Å². The van der Waals surface area contributed by atoms with E-state index in [-0.39, 0.29) is 66.0 Å². The molecule has 3 unspecified atom stereocenters. The summed E-state index contributed by atoms with van der Waals surface area (Å²) in [6.45, 7) is 6.45. The van der Waals surface area contributed by atoms with Gasteiger partial charge in [-0.3, -0.25) is 24.1 Å². The standard InChI is InChI=1S/C38H44FN5O5/c1-23-7-6-12-38(2)20-33-27(19-30(23)38)29(37(48)49-33)21-42(3)22-34(45)43-13-15-44(16-14-43)36(47)28-17-24(10-11-31(28)39)18-32-25-8-4-5-9-26(25)35(46)41-40-32/h4-5,8-11,17,19,23,27,29,33H,6-7,12-16,18,20-22H2,1-3H3,(H,41,46)/t23-,27?,29?,33?,38+/m0/s1. The van der Waals surface area contributed by atoms with Crippen LogP contribution in [0.4, 0.5) is 4.39 Å². The zero-order valence-electron chi connectivity index (χ0n) is 28.4.